The fraction of sp³-hybridized carbons (Fsp3) is 0.130. The number of esters is 1. The van der Waals surface area contributed by atoms with E-state index in [1.807, 2.05) is 60.7 Å². The van der Waals surface area contributed by atoms with E-state index >= 15 is 0 Å². The van der Waals surface area contributed by atoms with Gasteiger partial charge >= 0.3 is 5.97 Å². The van der Waals surface area contributed by atoms with Crippen LogP contribution in [0, 0.1) is 0 Å². The van der Waals surface area contributed by atoms with Gasteiger partial charge in [0.1, 0.15) is 0 Å². The van der Waals surface area contributed by atoms with E-state index in [-0.39, 0.29) is 12.5 Å². The second-order valence-electron chi connectivity index (χ2n) is 6.55. The molecule has 0 aliphatic heterocycles. The molecule has 0 fully saturated rings. The minimum Gasteiger partial charge on any atom is -0.452 e. The summed E-state index contributed by atoms with van der Waals surface area (Å²) in [6.07, 6.45) is 3.47. The summed E-state index contributed by atoms with van der Waals surface area (Å²) >= 11 is 1.61. The third-order valence-corrected chi connectivity index (χ3v) is 5.45. The van der Waals surface area contributed by atoms with Gasteiger partial charge in [-0.1, -0.05) is 36.4 Å². The minimum absolute atomic E-state index is 0.325. The van der Waals surface area contributed by atoms with Gasteiger partial charge in [0, 0.05) is 24.4 Å². The lowest BCUT2D eigenvalue weighted by molar-refractivity contribution is -0.143. The standard InChI is InChI=1S/C23H19N3O3S/c27-21(24-14-13-22-26-19-7-3-4-8-20(19)30-22)15-29-23(28)12-11-17-10-9-16-5-1-2-6-18(16)25-17/h1-12H,13-15H2,(H,24,27)/b12-11+. The lowest BCUT2D eigenvalue weighted by Crippen LogP contribution is -2.30. The smallest absolute Gasteiger partial charge is 0.331 e. The van der Waals surface area contributed by atoms with Crippen LogP contribution in [-0.2, 0) is 20.7 Å². The Morgan fingerprint density at radius 3 is 2.63 bits per heavy atom. The van der Waals surface area contributed by atoms with E-state index in [4.69, 9.17) is 4.74 Å². The van der Waals surface area contributed by atoms with E-state index in [9.17, 15) is 9.59 Å². The van der Waals surface area contributed by atoms with Gasteiger partial charge in [-0.05, 0) is 30.3 Å². The first kappa shape index (κ1) is 19.7. The Morgan fingerprint density at radius 1 is 0.967 bits per heavy atom. The molecule has 4 rings (SSSR count). The number of para-hydroxylation sites is 2. The van der Waals surface area contributed by atoms with E-state index in [0.717, 1.165) is 26.1 Å². The molecule has 0 radical (unpaired) electrons. The number of benzene rings is 2. The van der Waals surface area contributed by atoms with Crippen molar-refractivity contribution in [3.8, 4) is 0 Å². The number of ether oxygens (including phenoxy) is 1. The van der Waals surface area contributed by atoms with Crippen LogP contribution in [0.5, 0.6) is 0 Å². The molecule has 4 aromatic rings. The molecule has 1 amide bonds. The van der Waals surface area contributed by atoms with Crippen LogP contribution in [0.2, 0.25) is 0 Å². The quantitative estimate of drug-likeness (QED) is 0.366. The van der Waals surface area contributed by atoms with Gasteiger partial charge in [0.05, 0.1) is 26.4 Å². The molecule has 0 atom stereocenters. The molecule has 0 spiro atoms. The summed E-state index contributed by atoms with van der Waals surface area (Å²) in [5, 5.41) is 4.72. The van der Waals surface area contributed by atoms with Crippen molar-refractivity contribution in [2.24, 2.45) is 0 Å². The number of nitrogens with zero attached hydrogens (tertiary/aromatic N) is 2. The second-order valence-corrected chi connectivity index (χ2v) is 7.66. The van der Waals surface area contributed by atoms with Crippen molar-refractivity contribution >= 4 is 50.4 Å². The molecule has 0 saturated carbocycles. The van der Waals surface area contributed by atoms with Gasteiger partial charge in [-0.15, -0.1) is 11.3 Å². The number of amides is 1. The Morgan fingerprint density at radius 2 is 1.77 bits per heavy atom. The maximum absolute atomic E-state index is 11.9. The zero-order chi connectivity index (χ0) is 20.8. The summed E-state index contributed by atoms with van der Waals surface area (Å²) in [6.45, 7) is 0.112. The van der Waals surface area contributed by atoms with Crippen LogP contribution < -0.4 is 5.32 Å². The van der Waals surface area contributed by atoms with Crippen LogP contribution in [0.3, 0.4) is 0 Å². The van der Waals surface area contributed by atoms with Crippen molar-refractivity contribution in [2.75, 3.05) is 13.2 Å². The number of hydrogen-bond acceptors (Lipinski definition) is 6. The normalized spacial score (nSPS) is 11.2. The number of thiazole rings is 1. The molecular weight excluding hydrogens is 398 g/mol. The predicted octanol–water partition coefficient (Wildman–Crippen LogP) is 3.76. The fourth-order valence-corrected chi connectivity index (χ4v) is 3.87. The summed E-state index contributed by atoms with van der Waals surface area (Å²) in [7, 11) is 0. The van der Waals surface area contributed by atoms with Crippen LogP contribution in [-0.4, -0.2) is 35.0 Å². The number of carbonyl (C=O) groups excluding carboxylic acids is 2. The van der Waals surface area contributed by atoms with E-state index in [1.165, 1.54) is 6.08 Å². The minimum atomic E-state index is -0.591. The van der Waals surface area contributed by atoms with E-state index in [1.54, 1.807) is 17.4 Å². The number of nitrogens with one attached hydrogen (secondary N) is 1. The predicted molar refractivity (Wildman–Crippen MR) is 118 cm³/mol. The van der Waals surface area contributed by atoms with Crippen LogP contribution >= 0.6 is 11.3 Å². The monoisotopic (exact) mass is 417 g/mol. The average molecular weight is 417 g/mol. The van der Waals surface area contributed by atoms with Crippen LogP contribution in [0.1, 0.15) is 10.7 Å². The van der Waals surface area contributed by atoms with E-state index in [2.05, 4.69) is 15.3 Å². The molecule has 2 heterocycles. The lowest BCUT2D eigenvalue weighted by Gasteiger charge is -2.04. The summed E-state index contributed by atoms with van der Waals surface area (Å²) in [5.41, 5.74) is 2.46. The number of rotatable bonds is 7. The summed E-state index contributed by atoms with van der Waals surface area (Å²) in [4.78, 5) is 32.7. The summed E-state index contributed by atoms with van der Waals surface area (Å²) < 4.78 is 6.11. The Hall–Kier alpha value is -3.58. The topological polar surface area (TPSA) is 81.2 Å². The molecule has 2 aromatic carbocycles. The van der Waals surface area contributed by atoms with Crippen LogP contribution in [0.4, 0.5) is 0 Å². The summed E-state index contributed by atoms with van der Waals surface area (Å²) in [5.74, 6) is -0.937. The van der Waals surface area contributed by atoms with Gasteiger partial charge in [0.15, 0.2) is 6.61 Å². The third-order valence-electron chi connectivity index (χ3n) is 4.35. The number of aromatic nitrogens is 2. The molecule has 6 nitrogen and oxygen atoms in total. The molecule has 0 bridgehead atoms. The maximum Gasteiger partial charge on any atom is 0.331 e. The zero-order valence-corrected chi connectivity index (χ0v) is 16.9. The van der Waals surface area contributed by atoms with Gasteiger partial charge in [0.25, 0.3) is 5.91 Å². The molecule has 7 heteroatoms. The van der Waals surface area contributed by atoms with Crippen molar-refractivity contribution in [2.45, 2.75) is 6.42 Å². The largest absolute Gasteiger partial charge is 0.452 e. The summed E-state index contributed by atoms with van der Waals surface area (Å²) in [6, 6.07) is 19.4. The Balaban J connectivity index is 1.21. The first-order chi connectivity index (χ1) is 14.7. The van der Waals surface area contributed by atoms with Crippen molar-refractivity contribution < 1.29 is 14.3 Å². The molecule has 0 saturated heterocycles. The number of pyridine rings is 1. The van der Waals surface area contributed by atoms with Gasteiger partial charge in [-0.2, -0.15) is 0 Å². The van der Waals surface area contributed by atoms with Crippen molar-refractivity contribution in [1.82, 2.24) is 15.3 Å². The van der Waals surface area contributed by atoms with Gasteiger partial charge in [-0.25, -0.2) is 14.8 Å². The highest BCUT2D eigenvalue weighted by molar-refractivity contribution is 7.18. The van der Waals surface area contributed by atoms with E-state index < -0.39 is 5.97 Å². The number of hydrogen-bond donors (Lipinski definition) is 1. The average Bonchev–Trinajstić information content (AvgIpc) is 3.19. The van der Waals surface area contributed by atoms with Crippen LogP contribution in [0.25, 0.3) is 27.2 Å². The molecule has 0 aliphatic carbocycles. The second kappa shape index (κ2) is 9.28. The maximum atomic E-state index is 11.9. The van der Waals surface area contributed by atoms with Crippen molar-refractivity contribution in [1.29, 1.82) is 0 Å². The molecule has 30 heavy (non-hydrogen) atoms. The van der Waals surface area contributed by atoms with Gasteiger partial charge < -0.3 is 10.1 Å². The van der Waals surface area contributed by atoms with Crippen molar-refractivity contribution in [3.63, 3.8) is 0 Å². The van der Waals surface area contributed by atoms with E-state index in [0.29, 0.717) is 18.7 Å². The molecule has 1 N–H and O–H groups in total. The SMILES string of the molecule is O=C(COC(=O)/C=C/c1ccc2ccccc2n1)NCCc1nc2ccccc2s1. The number of carbonyl (C=O) groups is 2. The molecule has 2 aromatic heterocycles. The van der Waals surface area contributed by atoms with Crippen molar-refractivity contribution in [3.05, 3.63) is 77.4 Å². The number of fused-ring (bicyclic) bond motifs is 2. The Bertz CT molecular complexity index is 1200. The highest BCUT2D eigenvalue weighted by Crippen LogP contribution is 2.21. The lowest BCUT2D eigenvalue weighted by atomic mass is 10.2. The molecule has 0 aliphatic rings. The fourth-order valence-electron chi connectivity index (χ4n) is 2.90. The zero-order valence-electron chi connectivity index (χ0n) is 16.1. The first-order valence-electron chi connectivity index (χ1n) is 9.49. The highest BCUT2D eigenvalue weighted by Gasteiger charge is 2.07. The Labute approximate surface area is 177 Å². The highest BCUT2D eigenvalue weighted by atomic mass is 32.1. The first-order valence-corrected chi connectivity index (χ1v) is 10.3. The molecule has 150 valence electrons. The van der Waals surface area contributed by atoms with Gasteiger partial charge in [-0.3, -0.25) is 4.79 Å². The van der Waals surface area contributed by atoms with Gasteiger partial charge in [0.2, 0.25) is 0 Å². The molecule has 0 unspecified atom stereocenters. The third kappa shape index (κ3) is 5.07. The molecular formula is C23H19N3O3S. The van der Waals surface area contributed by atoms with Crippen LogP contribution in [0.15, 0.2) is 66.7 Å². The Kier molecular flexibility index (Phi) is 6.10.